The molecule has 6 rings (SSSR count). The van der Waals surface area contributed by atoms with Crippen LogP contribution in [0.5, 0.6) is 11.6 Å². The molecular formula is C34H45N3O7. The zero-order valence-corrected chi connectivity index (χ0v) is 26.4. The summed E-state index contributed by atoms with van der Waals surface area (Å²) in [6.07, 6.45) is 7.84. The predicted octanol–water partition coefficient (Wildman–Crippen LogP) is 4.69. The summed E-state index contributed by atoms with van der Waals surface area (Å²) in [5, 5.41) is 0. The summed E-state index contributed by atoms with van der Waals surface area (Å²) in [4.78, 5) is 51.7. The second-order valence-electron chi connectivity index (χ2n) is 13.8. The molecule has 0 N–H and O–H groups in total. The minimum Gasteiger partial charge on any atom is -0.497 e. The molecule has 2 saturated heterocycles. The Hall–Kier alpha value is -3.27. The van der Waals surface area contributed by atoms with Gasteiger partial charge in [0.1, 0.15) is 29.4 Å². The maximum Gasteiger partial charge on any atom is 0.307 e. The van der Waals surface area contributed by atoms with Crippen LogP contribution in [-0.4, -0.2) is 77.6 Å². The molecule has 2 bridgehead atoms. The third-order valence-corrected chi connectivity index (χ3v) is 10.7. The van der Waals surface area contributed by atoms with Crippen molar-refractivity contribution in [2.75, 3.05) is 26.9 Å². The largest absolute Gasteiger partial charge is 0.497 e. The van der Waals surface area contributed by atoms with E-state index in [1.54, 1.807) is 12.0 Å². The first-order valence-electron chi connectivity index (χ1n) is 16.2. The molecule has 10 nitrogen and oxygen atoms in total. The predicted molar refractivity (Wildman–Crippen MR) is 162 cm³/mol. The second-order valence-corrected chi connectivity index (χ2v) is 13.8. The van der Waals surface area contributed by atoms with Crippen molar-refractivity contribution >= 4 is 29.2 Å². The van der Waals surface area contributed by atoms with Gasteiger partial charge in [-0.25, -0.2) is 9.97 Å². The van der Waals surface area contributed by atoms with Crippen molar-refractivity contribution in [3.05, 3.63) is 23.9 Å². The van der Waals surface area contributed by atoms with E-state index in [9.17, 15) is 14.4 Å². The summed E-state index contributed by atoms with van der Waals surface area (Å²) in [6.45, 7) is 6.94. The number of hydrogen-bond donors (Lipinski definition) is 0. The summed E-state index contributed by atoms with van der Waals surface area (Å²) in [7, 11) is 1.61. The highest BCUT2D eigenvalue weighted by molar-refractivity contribution is 5.87. The lowest BCUT2D eigenvalue weighted by atomic mass is 9.72. The fraction of sp³-hybridized carbons (Fsp3) is 0.676. The van der Waals surface area contributed by atoms with Crippen LogP contribution in [0, 0.1) is 23.2 Å². The van der Waals surface area contributed by atoms with Crippen molar-refractivity contribution in [1.82, 2.24) is 14.9 Å². The van der Waals surface area contributed by atoms with Gasteiger partial charge in [0, 0.05) is 17.4 Å². The van der Waals surface area contributed by atoms with Gasteiger partial charge in [0.15, 0.2) is 0 Å². The molecule has 6 atom stereocenters. The molecule has 1 saturated carbocycles. The molecule has 1 amide bonds. The van der Waals surface area contributed by atoms with Gasteiger partial charge in [0.2, 0.25) is 11.8 Å². The molecule has 1 aromatic heterocycles. The van der Waals surface area contributed by atoms with Crippen molar-refractivity contribution < 1.29 is 33.3 Å². The molecule has 0 unspecified atom stereocenters. The lowest BCUT2D eigenvalue weighted by molar-refractivity contribution is -0.180. The topological polar surface area (TPSA) is 117 Å². The average Bonchev–Trinajstić information content (AvgIpc) is 3.51. The SMILES string of the molecule is COc1ccc2nc3c(nc2c1)O[C@H]1CN(C(=O)[C@H](C2(C)COC2)CC(=O)O[C@]2(C)CCC[C@H]2CCCCC3)[C@H](C=O)[C@@H]1C. The number of ether oxygens (including phenoxy) is 4. The molecule has 10 heteroatoms. The smallest absolute Gasteiger partial charge is 0.307 e. The van der Waals surface area contributed by atoms with Crippen LogP contribution in [0.25, 0.3) is 11.0 Å². The van der Waals surface area contributed by atoms with Crippen molar-refractivity contribution in [3.63, 3.8) is 0 Å². The minimum atomic E-state index is -0.689. The highest BCUT2D eigenvalue weighted by Gasteiger charge is 2.52. The van der Waals surface area contributed by atoms with Crippen LogP contribution in [0.1, 0.15) is 77.8 Å². The summed E-state index contributed by atoms with van der Waals surface area (Å²) in [5.74, 6) is -0.126. The highest BCUT2D eigenvalue weighted by atomic mass is 16.6. The Morgan fingerprint density at radius 1 is 1.05 bits per heavy atom. The number of fused-ring (bicyclic) bond motifs is 5. The molecule has 0 radical (unpaired) electrons. The van der Waals surface area contributed by atoms with E-state index < -0.39 is 29.1 Å². The molecule has 1 aliphatic carbocycles. The van der Waals surface area contributed by atoms with Gasteiger partial charge in [0.25, 0.3) is 0 Å². The second kappa shape index (κ2) is 12.3. The van der Waals surface area contributed by atoms with Gasteiger partial charge in [0.05, 0.1) is 56.3 Å². The number of aryl methyl sites for hydroxylation is 1. The van der Waals surface area contributed by atoms with Crippen molar-refractivity contribution in [1.29, 1.82) is 0 Å². The molecule has 4 aliphatic rings. The Kier molecular flexibility index (Phi) is 8.56. The van der Waals surface area contributed by atoms with Crippen LogP contribution in [0.3, 0.4) is 0 Å². The molecule has 1 aromatic carbocycles. The molecular weight excluding hydrogens is 562 g/mol. The monoisotopic (exact) mass is 607 g/mol. The van der Waals surface area contributed by atoms with Gasteiger partial charge in [-0.15, -0.1) is 0 Å². The first-order chi connectivity index (χ1) is 21.1. The van der Waals surface area contributed by atoms with Crippen molar-refractivity contribution in [2.24, 2.45) is 23.2 Å². The Morgan fingerprint density at radius 3 is 2.57 bits per heavy atom. The van der Waals surface area contributed by atoms with E-state index in [4.69, 9.17) is 28.9 Å². The van der Waals surface area contributed by atoms with Crippen LogP contribution in [0.2, 0.25) is 0 Å². The molecule has 44 heavy (non-hydrogen) atoms. The lowest BCUT2D eigenvalue weighted by Gasteiger charge is -2.45. The van der Waals surface area contributed by atoms with E-state index in [2.05, 4.69) is 6.92 Å². The number of hydrogen-bond acceptors (Lipinski definition) is 9. The third-order valence-electron chi connectivity index (χ3n) is 10.7. The van der Waals surface area contributed by atoms with Gasteiger partial charge < -0.3 is 28.6 Å². The van der Waals surface area contributed by atoms with Crippen LogP contribution in [0.4, 0.5) is 0 Å². The molecule has 3 aliphatic heterocycles. The zero-order chi connectivity index (χ0) is 31.1. The zero-order valence-electron chi connectivity index (χ0n) is 26.4. The quantitative estimate of drug-likeness (QED) is 0.362. The van der Waals surface area contributed by atoms with E-state index in [0.29, 0.717) is 36.8 Å². The maximum atomic E-state index is 14.3. The average molecular weight is 608 g/mol. The van der Waals surface area contributed by atoms with Gasteiger partial charge in [-0.05, 0) is 63.5 Å². The minimum absolute atomic E-state index is 0.0366. The lowest BCUT2D eigenvalue weighted by Crippen LogP contribution is -2.54. The number of carbonyl (C=O) groups is 3. The van der Waals surface area contributed by atoms with Crippen LogP contribution in [0.15, 0.2) is 18.2 Å². The number of aldehydes is 1. The molecule has 2 aromatic rings. The number of nitrogens with zero attached hydrogens (tertiary/aromatic N) is 3. The summed E-state index contributed by atoms with van der Waals surface area (Å²) >= 11 is 0. The van der Waals surface area contributed by atoms with Crippen LogP contribution < -0.4 is 9.47 Å². The van der Waals surface area contributed by atoms with E-state index >= 15 is 0 Å². The summed E-state index contributed by atoms with van der Waals surface area (Å²) in [6, 6.07) is 4.92. The first-order valence-corrected chi connectivity index (χ1v) is 16.2. The fourth-order valence-corrected chi connectivity index (χ4v) is 7.73. The van der Waals surface area contributed by atoms with Gasteiger partial charge in [-0.1, -0.05) is 26.7 Å². The number of aromatic nitrogens is 2. The van der Waals surface area contributed by atoms with Gasteiger partial charge in [-0.3, -0.25) is 9.59 Å². The first kappa shape index (κ1) is 30.7. The maximum absolute atomic E-state index is 14.3. The summed E-state index contributed by atoms with van der Waals surface area (Å²) in [5.41, 5.74) is 1.16. The number of carbonyl (C=O) groups excluding carboxylic acids is 3. The van der Waals surface area contributed by atoms with Crippen molar-refractivity contribution in [2.45, 2.75) is 96.3 Å². The normalized spacial score (nSPS) is 32.8. The number of amides is 1. The van der Waals surface area contributed by atoms with E-state index in [0.717, 1.165) is 62.4 Å². The van der Waals surface area contributed by atoms with Crippen molar-refractivity contribution in [3.8, 4) is 11.6 Å². The Morgan fingerprint density at radius 2 is 1.84 bits per heavy atom. The van der Waals surface area contributed by atoms with E-state index in [-0.39, 0.29) is 36.7 Å². The van der Waals surface area contributed by atoms with E-state index in [1.807, 2.05) is 32.0 Å². The molecule has 4 heterocycles. The number of benzene rings is 1. The highest BCUT2D eigenvalue weighted by Crippen LogP contribution is 2.44. The number of esters is 1. The standard InChI is InChI=1S/C34H45N3O7/c1-21-28(18-38)37-17-29(21)43-31-26(35-25-13-12-23(41-4)15-27(25)36-31)11-7-5-6-9-22-10-8-14-34(22,3)44-30(39)16-24(32(37)40)33(2)19-42-20-33/h12-13,15,18,21-22,24,28-29H,5-11,14,16-17,19-20H2,1-4H3/t21-,22+,24+,28+,29-,34+/m0/s1. The fourth-order valence-electron chi connectivity index (χ4n) is 7.73. The molecule has 238 valence electrons. The van der Waals surface area contributed by atoms with Crippen LogP contribution >= 0.6 is 0 Å². The van der Waals surface area contributed by atoms with Gasteiger partial charge in [-0.2, -0.15) is 0 Å². The molecule has 0 spiro atoms. The Balaban J connectivity index is 1.36. The van der Waals surface area contributed by atoms with E-state index in [1.165, 1.54) is 0 Å². The third kappa shape index (κ3) is 5.77. The molecule has 3 fully saturated rings. The van der Waals surface area contributed by atoms with Crippen LogP contribution in [-0.2, 0) is 30.3 Å². The summed E-state index contributed by atoms with van der Waals surface area (Å²) < 4.78 is 23.8. The Bertz CT molecular complexity index is 1410. The van der Waals surface area contributed by atoms with Gasteiger partial charge >= 0.3 is 5.97 Å². The Labute approximate surface area is 259 Å². The number of methoxy groups -OCH3 is 1. The number of rotatable bonds is 3.